The molecule has 4 heteroatoms. The Balaban J connectivity index is 1.96. The van der Waals surface area contributed by atoms with Gasteiger partial charge in [0.15, 0.2) is 0 Å². The van der Waals surface area contributed by atoms with Crippen LogP contribution in [-0.2, 0) is 9.53 Å². The van der Waals surface area contributed by atoms with Gasteiger partial charge in [0, 0.05) is 31.7 Å². The molecule has 2 fully saturated rings. The lowest BCUT2D eigenvalue weighted by molar-refractivity contribution is -0.141. The molecule has 0 unspecified atom stereocenters. The van der Waals surface area contributed by atoms with Gasteiger partial charge in [-0.1, -0.05) is 6.92 Å². The number of nitrogens with one attached hydrogen (secondary N) is 1. The van der Waals surface area contributed by atoms with Crippen LogP contribution in [0.3, 0.4) is 0 Å². The number of hydrogen-bond donors (Lipinski definition) is 1. The summed E-state index contributed by atoms with van der Waals surface area (Å²) in [4.78, 5) is 14.8. The number of rotatable bonds is 4. The molecule has 0 aromatic heterocycles. The molecular weight excluding hydrogens is 228 g/mol. The molecule has 2 aliphatic rings. The van der Waals surface area contributed by atoms with Gasteiger partial charge in [0.2, 0.25) is 5.91 Å². The largest absolute Gasteiger partial charge is 0.381 e. The third-order valence-corrected chi connectivity index (χ3v) is 4.07. The van der Waals surface area contributed by atoms with Gasteiger partial charge in [0.05, 0.1) is 0 Å². The van der Waals surface area contributed by atoms with E-state index < -0.39 is 0 Å². The van der Waals surface area contributed by atoms with Crippen LogP contribution in [0, 0.1) is 5.92 Å². The Kier molecular flexibility index (Phi) is 5.45. The van der Waals surface area contributed by atoms with Crippen LogP contribution in [0.1, 0.15) is 39.0 Å². The van der Waals surface area contributed by atoms with Crippen LogP contribution in [0.15, 0.2) is 0 Å². The number of hydrogen-bond acceptors (Lipinski definition) is 3. The van der Waals surface area contributed by atoms with Crippen molar-refractivity contribution < 1.29 is 9.53 Å². The van der Waals surface area contributed by atoms with Crippen molar-refractivity contribution in [3.8, 4) is 0 Å². The average Bonchev–Trinajstić information content (AvgIpc) is 2.46. The zero-order valence-corrected chi connectivity index (χ0v) is 11.5. The summed E-state index contributed by atoms with van der Waals surface area (Å²) in [6.45, 7) is 6.68. The average molecular weight is 254 g/mol. The molecule has 1 amide bonds. The molecule has 104 valence electrons. The Morgan fingerprint density at radius 1 is 1.22 bits per heavy atom. The van der Waals surface area contributed by atoms with E-state index in [1.54, 1.807) is 0 Å². The Labute approximate surface area is 110 Å². The number of carbonyl (C=O) groups excluding carboxylic acids is 1. The molecule has 0 aromatic rings. The van der Waals surface area contributed by atoms with Crippen molar-refractivity contribution in [2.45, 2.75) is 45.1 Å². The SMILES string of the molecule is CCCN(C(=O)C1CCOCC1)C1CCNCC1. The zero-order chi connectivity index (χ0) is 12.8. The summed E-state index contributed by atoms with van der Waals surface area (Å²) in [6, 6.07) is 0.460. The second-order valence-corrected chi connectivity index (χ2v) is 5.40. The lowest BCUT2D eigenvalue weighted by Crippen LogP contribution is -2.49. The van der Waals surface area contributed by atoms with Crippen molar-refractivity contribution in [3.63, 3.8) is 0 Å². The van der Waals surface area contributed by atoms with Crippen molar-refractivity contribution in [2.24, 2.45) is 5.92 Å². The number of ether oxygens (including phenoxy) is 1. The van der Waals surface area contributed by atoms with Gasteiger partial charge in [-0.15, -0.1) is 0 Å². The highest BCUT2D eigenvalue weighted by Gasteiger charge is 2.30. The molecule has 0 atom stereocenters. The first-order chi connectivity index (χ1) is 8.83. The molecule has 0 aliphatic carbocycles. The standard InChI is InChI=1S/C14H26N2O2/c1-2-9-16(13-3-7-15-8-4-13)14(17)12-5-10-18-11-6-12/h12-13,15H,2-11H2,1H3. The fourth-order valence-corrected chi connectivity index (χ4v) is 3.01. The maximum atomic E-state index is 12.6. The van der Waals surface area contributed by atoms with Gasteiger partial charge in [0.25, 0.3) is 0 Å². The highest BCUT2D eigenvalue weighted by Crippen LogP contribution is 2.22. The van der Waals surface area contributed by atoms with Gasteiger partial charge in [-0.3, -0.25) is 4.79 Å². The quantitative estimate of drug-likeness (QED) is 0.824. The van der Waals surface area contributed by atoms with Crippen LogP contribution in [0.2, 0.25) is 0 Å². The summed E-state index contributed by atoms with van der Waals surface area (Å²) < 4.78 is 5.35. The number of piperidine rings is 1. The van der Waals surface area contributed by atoms with Crippen LogP contribution in [0.5, 0.6) is 0 Å². The summed E-state index contributed by atoms with van der Waals surface area (Å²) in [7, 11) is 0. The molecule has 2 aliphatic heterocycles. The minimum atomic E-state index is 0.209. The fraction of sp³-hybridized carbons (Fsp3) is 0.929. The molecule has 0 bridgehead atoms. The van der Waals surface area contributed by atoms with Gasteiger partial charge in [-0.2, -0.15) is 0 Å². The minimum Gasteiger partial charge on any atom is -0.381 e. The first kappa shape index (κ1) is 13.8. The van der Waals surface area contributed by atoms with Crippen LogP contribution < -0.4 is 5.32 Å². The van der Waals surface area contributed by atoms with Crippen molar-refractivity contribution >= 4 is 5.91 Å². The monoisotopic (exact) mass is 254 g/mol. The van der Waals surface area contributed by atoms with E-state index in [9.17, 15) is 4.79 Å². The van der Waals surface area contributed by atoms with Crippen molar-refractivity contribution in [3.05, 3.63) is 0 Å². The number of nitrogens with zero attached hydrogens (tertiary/aromatic N) is 1. The first-order valence-electron chi connectivity index (χ1n) is 7.42. The summed E-state index contributed by atoms with van der Waals surface area (Å²) in [5.74, 6) is 0.590. The molecule has 0 aromatic carbocycles. The maximum Gasteiger partial charge on any atom is 0.226 e. The fourth-order valence-electron chi connectivity index (χ4n) is 3.01. The van der Waals surface area contributed by atoms with Gasteiger partial charge in [-0.25, -0.2) is 0 Å². The zero-order valence-electron chi connectivity index (χ0n) is 11.5. The Morgan fingerprint density at radius 3 is 2.50 bits per heavy atom. The minimum absolute atomic E-state index is 0.209. The van der Waals surface area contributed by atoms with Crippen LogP contribution in [0.25, 0.3) is 0 Å². The Morgan fingerprint density at radius 2 is 1.89 bits per heavy atom. The van der Waals surface area contributed by atoms with E-state index in [0.717, 1.165) is 65.0 Å². The Hall–Kier alpha value is -0.610. The lowest BCUT2D eigenvalue weighted by atomic mass is 9.95. The van der Waals surface area contributed by atoms with E-state index >= 15 is 0 Å². The van der Waals surface area contributed by atoms with Crippen molar-refractivity contribution in [2.75, 3.05) is 32.8 Å². The smallest absolute Gasteiger partial charge is 0.226 e. The molecule has 1 N–H and O–H groups in total. The van der Waals surface area contributed by atoms with Crippen molar-refractivity contribution in [1.82, 2.24) is 10.2 Å². The lowest BCUT2D eigenvalue weighted by Gasteiger charge is -2.37. The van der Waals surface area contributed by atoms with Gasteiger partial charge in [0.1, 0.15) is 0 Å². The molecule has 18 heavy (non-hydrogen) atoms. The van der Waals surface area contributed by atoms with E-state index in [2.05, 4.69) is 17.1 Å². The molecule has 2 saturated heterocycles. The van der Waals surface area contributed by atoms with Gasteiger partial charge in [-0.05, 0) is 45.2 Å². The predicted molar refractivity (Wildman–Crippen MR) is 71.4 cm³/mol. The molecule has 2 rings (SSSR count). The second-order valence-electron chi connectivity index (χ2n) is 5.40. The number of amides is 1. The molecule has 0 saturated carbocycles. The third-order valence-electron chi connectivity index (χ3n) is 4.07. The topological polar surface area (TPSA) is 41.6 Å². The second kappa shape index (κ2) is 7.10. The van der Waals surface area contributed by atoms with E-state index in [0.29, 0.717) is 11.9 Å². The normalized spacial score (nSPS) is 22.9. The Bertz CT molecular complexity index is 259. The maximum absolute atomic E-state index is 12.6. The predicted octanol–water partition coefficient (Wildman–Crippen LogP) is 1.40. The highest BCUT2D eigenvalue weighted by molar-refractivity contribution is 5.79. The van der Waals surface area contributed by atoms with Crippen LogP contribution in [0.4, 0.5) is 0 Å². The molecule has 0 spiro atoms. The van der Waals surface area contributed by atoms with E-state index in [-0.39, 0.29) is 5.92 Å². The molecule has 0 radical (unpaired) electrons. The summed E-state index contributed by atoms with van der Waals surface area (Å²) in [6.07, 6.45) is 5.08. The third kappa shape index (κ3) is 3.45. The van der Waals surface area contributed by atoms with Crippen LogP contribution in [-0.4, -0.2) is 49.7 Å². The highest BCUT2D eigenvalue weighted by atomic mass is 16.5. The van der Waals surface area contributed by atoms with E-state index in [1.165, 1.54) is 0 Å². The molecule has 4 nitrogen and oxygen atoms in total. The molecular formula is C14H26N2O2. The summed E-state index contributed by atoms with van der Waals surface area (Å²) in [5, 5.41) is 3.37. The summed E-state index contributed by atoms with van der Waals surface area (Å²) >= 11 is 0. The molecule has 2 heterocycles. The van der Waals surface area contributed by atoms with E-state index in [1.807, 2.05) is 0 Å². The van der Waals surface area contributed by atoms with Gasteiger partial charge >= 0.3 is 0 Å². The van der Waals surface area contributed by atoms with Crippen LogP contribution >= 0.6 is 0 Å². The van der Waals surface area contributed by atoms with Gasteiger partial charge < -0.3 is 15.0 Å². The van der Waals surface area contributed by atoms with Crippen molar-refractivity contribution in [1.29, 1.82) is 0 Å². The number of carbonyl (C=O) groups is 1. The summed E-state index contributed by atoms with van der Waals surface area (Å²) in [5.41, 5.74) is 0. The van der Waals surface area contributed by atoms with E-state index in [4.69, 9.17) is 4.74 Å². The first-order valence-corrected chi connectivity index (χ1v) is 7.42.